The molecule has 2 N–H and O–H groups in total. The van der Waals surface area contributed by atoms with Crippen molar-refractivity contribution in [2.24, 2.45) is 5.92 Å². The van der Waals surface area contributed by atoms with Crippen LogP contribution >= 0.6 is 15.9 Å². The highest BCUT2D eigenvalue weighted by Gasteiger charge is 2.07. The molecule has 2 rings (SSSR count). The normalized spacial score (nSPS) is 10.6. The summed E-state index contributed by atoms with van der Waals surface area (Å²) in [4.78, 5) is 16.1. The SMILES string of the molecule is Cc1ccc(Nc2ccc(C(=O)NCC(C)C)nc2)cc1Br. The van der Waals surface area contributed by atoms with Crippen LogP contribution in [-0.4, -0.2) is 17.4 Å². The smallest absolute Gasteiger partial charge is 0.269 e. The lowest BCUT2D eigenvalue weighted by atomic mass is 10.2. The van der Waals surface area contributed by atoms with E-state index in [1.807, 2.05) is 31.2 Å². The van der Waals surface area contributed by atoms with E-state index in [-0.39, 0.29) is 5.91 Å². The van der Waals surface area contributed by atoms with Crippen LogP contribution in [0.1, 0.15) is 29.9 Å². The fourth-order valence-electron chi connectivity index (χ4n) is 1.83. The van der Waals surface area contributed by atoms with Crippen LogP contribution in [0.2, 0.25) is 0 Å². The van der Waals surface area contributed by atoms with Crippen molar-refractivity contribution in [3.05, 3.63) is 52.3 Å². The molecule has 4 nitrogen and oxygen atoms in total. The third-order valence-corrected chi connectivity index (χ3v) is 3.98. The summed E-state index contributed by atoms with van der Waals surface area (Å²) in [5, 5.41) is 6.12. The van der Waals surface area contributed by atoms with Crippen molar-refractivity contribution in [3.63, 3.8) is 0 Å². The van der Waals surface area contributed by atoms with Gasteiger partial charge < -0.3 is 10.6 Å². The summed E-state index contributed by atoms with van der Waals surface area (Å²) in [6.45, 7) is 6.80. The van der Waals surface area contributed by atoms with Crippen molar-refractivity contribution in [1.82, 2.24) is 10.3 Å². The van der Waals surface area contributed by atoms with Crippen molar-refractivity contribution in [1.29, 1.82) is 0 Å². The molecular formula is C17H20BrN3O. The molecule has 0 spiro atoms. The van der Waals surface area contributed by atoms with E-state index in [1.54, 1.807) is 12.3 Å². The Bertz CT molecular complexity index is 653. The Morgan fingerprint density at radius 3 is 2.55 bits per heavy atom. The first kappa shape index (κ1) is 16.5. The first-order valence-electron chi connectivity index (χ1n) is 7.23. The number of carbonyl (C=O) groups is 1. The highest BCUT2D eigenvalue weighted by atomic mass is 79.9. The Balaban J connectivity index is 2.02. The minimum absolute atomic E-state index is 0.140. The number of benzene rings is 1. The predicted molar refractivity (Wildman–Crippen MR) is 93.6 cm³/mol. The van der Waals surface area contributed by atoms with E-state index in [4.69, 9.17) is 0 Å². The summed E-state index contributed by atoms with van der Waals surface area (Å²) in [7, 11) is 0. The number of carbonyl (C=O) groups excluding carboxylic acids is 1. The standard InChI is InChI=1S/C17H20BrN3O/c1-11(2)9-20-17(22)16-7-6-14(10-19-16)21-13-5-4-12(3)15(18)8-13/h4-8,10-11,21H,9H2,1-3H3,(H,20,22). The quantitative estimate of drug-likeness (QED) is 0.835. The number of nitrogens with zero attached hydrogens (tertiary/aromatic N) is 1. The Morgan fingerprint density at radius 1 is 1.23 bits per heavy atom. The highest BCUT2D eigenvalue weighted by molar-refractivity contribution is 9.10. The molecule has 0 saturated carbocycles. The zero-order chi connectivity index (χ0) is 16.1. The number of pyridine rings is 1. The van der Waals surface area contributed by atoms with Gasteiger partial charge in [0.15, 0.2) is 0 Å². The number of rotatable bonds is 5. The lowest BCUT2D eigenvalue weighted by Crippen LogP contribution is -2.27. The van der Waals surface area contributed by atoms with Crippen LogP contribution in [0.15, 0.2) is 41.0 Å². The van der Waals surface area contributed by atoms with E-state index in [0.717, 1.165) is 15.8 Å². The second-order valence-corrected chi connectivity index (χ2v) is 6.48. The molecule has 116 valence electrons. The van der Waals surface area contributed by atoms with E-state index in [0.29, 0.717) is 18.2 Å². The molecule has 0 aliphatic rings. The predicted octanol–water partition coefficient (Wildman–Crippen LogP) is 4.28. The van der Waals surface area contributed by atoms with E-state index in [2.05, 4.69) is 45.4 Å². The van der Waals surface area contributed by atoms with Gasteiger partial charge in [-0.25, -0.2) is 4.98 Å². The van der Waals surface area contributed by atoms with Gasteiger partial charge in [-0.2, -0.15) is 0 Å². The van der Waals surface area contributed by atoms with Gasteiger partial charge >= 0.3 is 0 Å². The van der Waals surface area contributed by atoms with Crippen LogP contribution in [0.25, 0.3) is 0 Å². The molecule has 0 radical (unpaired) electrons. The van der Waals surface area contributed by atoms with Gasteiger partial charge in [-0.1, -0.05) is 35.8 Å². The highest BCUT2D eigenvalue weighted by Crippen LogP contribution is 2.23. The number of nitrogens with one attached hydrogen (secondary N) is 2. The molecule has 0 saturated heterocycles. The maximum absolute atomic E-state index is 11.9. The van der Waals surface area contributed by atoms with Gasteiger partial charge in [0, 0.05) is 16.7 Å². The maximum atomic E-state index is 11.9. The van der Waals surface area contributed by atoms with E-state index in [1.165, 1.54) is 5.56 Å². The summed E-state index contributed by atoms with van der Waals surface area (Å²) < 4.78 is 1.05. The number of amides is 1. The monoisotopic (exact) mass is 361 g/mol. The second kappa shape index (κ2) is 7.40. The molecule has 1 aromatic heterocycles. The molecule has 1 aromatic carbocycles. The Labute approximate surface area is 139 Å². The lowest BCUT2D eigenvalue weighted by molar-refractivity contribution is 0.0944. The van der Waals surface area contributed by atoms with Crippen LogP contribution < -0.4 is 10.6 Å². The van der Waals surface area contributed by atoms with Crippen LogP contribution in [0.5, 0.6) is 0 Å². The van der Waals surface area contributed by atoms with Gasteiger partial charge in [-0.3, -0.25) is 4.79 Å². The van der Waals surface area contributed by atoms with Crippen LogP contribution in [-0.2, 0) is 0 Å². The van der Waals surface area contributed by atoms with Gasteiger partial charge in [0.05, 0.1) is 11.9 Å². The zero-order valence-corrected chi connectivity index (χ0v) is 14.6. The van der Waals surface area contributed by atoms with Gasteiger partial charge in [-0.15, -0.1) is 0 Å². The molecule has 0 unspecified atom stereocenters. The fourth-order valence-corrected chi connectivity index (χ4v) is 2.21. The Morgan fingerprint density at radius 2 is 1.95 bits per heavy atom. The van der Waals surface area contributed by atoms with Crippen molar-refractivity contribution >= 4 is 33.2 Å². The van der Waals surface area contributed by atoms with Crippen LogP contribution in [0.4, 0.5) is 11.4 Å². The van der Waals surface area contributed by atoms with E-state index in [9.17, 15) is 4.79 Å². The molecule has 0 fully saturated rings. The molecule has 22 heavy (non-hydrogen) atoms. The van der Waals surface area contributed by atoms with E-state index < -0.39 is 0 Å². The first-order chi connectivity index (χ1) is 10.5. The molecule has 2 aromatic rings. The van der Waals surface area contributed by atoms with Crippen LogP contribution in [0, 0.1) is 12.8 Å². The molecule has 0 aliphatic carbocycles. The number of hydrogen-bond acceptors (Lipinski definition) is 3. The van der Waals surface area contributed by atoms with Crippen molar-refractivity contribution < 1.29 is 4.79 Å². The topological polar surface area (TPSA) is 54.0 Å². The molecule has 0 bridgehead atoms. The van der Waals surface area contributed by atoms with Crippen molar-refractivity contribution in [2.45, 2.75) is 20.8 Å². The average Bonchev–Trinajstić information content (AvgIpc) is 2.49. The molecule has 0 atom stereocenters. The summed E-state index contributed by atoms with van der Waals surface area (Å²) in [6.07, 6.45) is 1.66. The largest absolute Gasteiger partial charge is 0.354 e. The second-order valence-electron chi connectivity index (χ2n) is 5.62. The van der Waals surface area contributed by atoms with Crippen molar-refractivity contribution in [3.8, 4) is 0 Å². The Hall–Kier alpha value is -1.88. The number of halogens is 1. The number of aromatic nitrogens is 1. The van der Waals surface area contributed by atoms with Crippen LogP contribution in [0.3, 0.4) is 0 Å². The summed E-state index contributed by atoms with van der Waals surface area (Å²) >= 11 is 3.51. The fraction of sp³-hybridized carbons (Fsp3) is 0.294. The van der Waals surface area contributed by atoms with Gasteiger partial charge in [0.1, 0.15) is 5.69 Å². The minimum Gasteiger partial charge on any atom is -0.354 e. The molecule has 5 heteroatoms. The third-order valence-electron chi connectivity index (χ3n) is 3.13. The van der Waals surface area contributed by atoms with Crippen molar-refractivity contribution in [2.75, 3.05) is 11.9 Å². The van der Waals surface area contributed by atoms with Gasteiger partial charge in [0.2, 0.25) is 0 Å². The number of aryl methyl sites for hydroxylation is 1. The number of hydrogen-bond donors (Lipinski definition) is 2. The van der Waals surface area contributed by atoms with Gasteiger partial charge in [-0.05, 0) is 42.7 Å². The van der Waals surface area contributed by atoms with Gasteiger partial charge in [0.25, 0.3) is 5.91 Å². The average molecular weight is 362 g/mol. The maximum Gasteiger partial charge on any atom is 0.269 e. The summed E-state index contributed by atoms with van der Waals surface area (Å²) in [5.74, 6) is 0.281. The molecule has 1 amide bonds. The Kier molecular flexibility index (Phi) is 5.55. The van der Waals surface area contributed by atoms with E-state index >= 15 is 0 Å². The molecule has 1 heterocycles. The molecule has 0 aliphatic heterocycles. The summed E-state index contributed by atoms with van der Waals surface area (Å²) in [6, 6.07) is 9.63. The third kappa shape index (κ3) is 4.56. The zero-order valence-electron chi connectivity index (χ0n) is 13.0. The molecular weight excluding hydrogens is 342 g/mol. The minimum atomic E-state index is -0.140. The lowest BCUT2D eigenvalue weighted by Gasteiger charge is -2.09. The first-order valence-corrected chi connectivity index (χ1v) is 8.02. The number of anilines is 2. The summed E-state index contributed by atoms with van der Waals surface area (Å²) in [5.41, 5.74) is 3.42.